The maximum absolute atomic E-state index is 14.3. The van der Waals surface area contributed by atoms with E-state index in [1.165, 1.54) is 0 Å². The number of halogens is 13. The first-order valence-corrected chi connectivity index (χ1v) is 10.1. The predicted octanol–water partition coefficient (Wildman–Crippen LogP) is 6.40. The second kappa shape index (κ2) is 8.67. The van der Waals surface area contributed by atoms with Crippen LogP contribution in [0.3, 0.4) is 0 Å². The van der Waals surface area contributed by atoms with Gasteiger partial charge in [-0.1, -0.05) is 23.2 Å². The van der Waals surface area contributed by atoms with Gasteiger partial charge in [0.05, 0.1) is 27.4 Å². The molecule has 1 amide bonds. The van der Waals surface area contributed by atoms with E-state index in [1.54, 1.807) is 0 Å². The fourth-order valence-corrected chi connectivity index (χ4v) is 4.55. The number of hydrazine groups is 1. The highest BCUT2D eigenvalue weighted by molar-refractivity contribution is 6.39. The predicted molar refractivity (Wildman–Crippen MR) is 102 cm³/mol. The molecule has 6 nitrogen and oxygen atoms in total. The fraction of sp³-hybridized carbons (Fsp3) is 0.444. The van der Waals surface area contributed by atoms with Crippen molar-refractivity contribution < 1.29 is 57.8 Å². The number of nitrogens with two attached hydrogens (primary N) is 1. The number of ether oxygens (including phenoxy) is 1. The van der Waals surface area contributed by atoms with Crippen molar-refractivity contribution in [1.82, 2.24) is 5.01 Å². The van der Waals surface area contributed by atoms with E-state index in [0.717, 1.165) is 6.07 Å². The van der Waals surface area contributed by atoms with Gasteiger partial charge in [-0.15, -0.1) is 0 Å². The van der Waals surface area contributed by atoms with Crippen LogP contribution in [-0.4, -0.2) is 42.0 Å². The van der Waals surface area contributed by atoms with Gasteiger partial charge in [0.15, 0.2) is 5.41 Å². The standard InChI is InChI=1S/C18H9Cl2F11N4O2/c19-7-1-6(17(26,27)28)2-8(20)11(7)35-12(37-13(33)36)10(9(3-32)34(35)5-16(23,24)25)14(18(29,30)31)4-15(14,21)22/h1-2,9H,4-5H2,(H2,33,36). The van der Waals surface area contributed by atoms with E-state index in [1.807, 2.05) is 0 Å². The van der Waals surface area contributed by atoms with Gasteiger partial charge in [0.25, 0.3) is 5.92 Å². The molecule has 2 N–H and O–H groups in total. The Labute approximate surface area is 208 Å². The van der Waals surface area contributed by atoms with E-state index in [0.29, 0.717) is 0 Å². The summed E-state index contributed by atoms with van der Waals surface area (Å²) in [6.07, 6.45) is -20.5. The molecular formula is C18H9Cl2F11N4O2. The van der Waals surface area contributed by atoms with Crippen LogP contribution < -0.4 is 10.7 Å². The van der Waals surface area contributed by atoms with Gasteiger partial charge in [-0.25, -0.2) is 18.6 Å². The lowest BCUT2D eigenvalue weighted by molar-refractivity contribution is -0.201. The summed E-state index contributed by atoms with van der Waals surface area (Å²) in [5.74, 6) is -6.43. The number of hydrogen-bond acceptors (Lipinski definition) is 5. The molecule has 1 heterocycles. The van der Waals surface area contributed by atoms with Gasteiger partial charge in [-0.2, -0.15) is 49.8 Å². The summed E-state index contributed by atoms with van der Waals surface area (Å²) in [6, 6.07) is -1.61. The number of amides is 1. The van der Waals surface area contributed by atoms with Gasteiger partial charge in [0.1, 0.15) is 12.6 Å². The number of nitriles is 1. The molecule has 0 radical (unpaired) electrons. The Kier molecular flexibility index (Phi) is 6.76. The number of anilines is 1. The van der Waals surface area contributed by atoms with Crippen molar-refractivity contribution in [2.45, 2.75) is 36.9 Å². The first-order chi connectivity index (χ1) is 16.6. The Balaban J connectivity index is 2.43. The summed E-state index contributed by atoms with van der Waals surface area (Å²) in [5.41, 5.74) is -4.03. The minimum Gasteiger partial charge on any atom is -0.392 e. The van der Waals surface area contributed by atoms with Crippen LogP contribution in [0, 0.1) is 16.7 Å². The molecule has 1 aromatic carbocycles. The second-order valence-electron chi connectivity index (χ2n) is 7.77. The van der Waals surface area contributed by atoms with Crippen molar-refractivity contribution in [3.63, 3.8) is 0 Å². The number of benzene rings is 1. The smallest absolute Gasteiger partial charge is 0.392 e. The minimum atomic E-state index is -5.92. The molecule has 1 fully saturated rings. The summed E-state index contributed by atoms with van der Waals surface area (Å²) < 4.78 is 155. The molecular weight excluding hydrogens is 584 g/mol. The van der Waals surface area contributed by atoms with Gasteiger partial charge in [-0.05, 0) is 12.1 Å². The van der Waals surface area contributed by atoms with Crippen LogP contribution >= 0.6 is 23.2 Å². The van der Waals surface area contributed by atoms with E-state index in [2.05, 4.69) is 4.74 Å². The molecule has 1 aromatic rings. The van der Waals surface area contributed by atoms with Crippen molar-refractivity contribution >= 4 is 35.0 Å². The van der Waals surface area contributed by atoms with Crippen LogP contribution in [0.4, 0.5) is 58.8 Å². The molecule has 2 unspecified atom stereocenters. The normalized spacial score (nSPS) is 24.3. The van der Waals surface area contributed by atoms with E-state index in [4.69, 9.17) is 28.9 Å². The Morgan fingerprint density at radius 3 is 1.92 bits per heavy atom. The summed E-state index contributed by atoms with van der Waals surface area (Å²) >= 11 is 11.6. The Morgan fingerprint density at radius 2 is 1.59 bits per heavy atom. The number of nitrogens with zero attached hydrogens (tertiary/aromatic N) is 3. The van der Waals surface area contributed by atoms with Crippen molar-refractivity contribution in [3.8, 4) is 6.07 Å². The van der Waals surface area contributed by atoms with E-state index >= 15 is 0 Å². The summed E-state index contributed by atoms with van der Waals surface area (Å²) in [5, 5.41) is 6.71. The minimum absolute atomic E-state index is 0.112. The van der Waals surface area contributed by atoms with Crippen molar-refractivity contribution in [2.75, 3.05) is 11.6 Å². The maximum atomic E-state index is 14.3. The Bertz CT molecular complexity index is 1180. The van der Waals surface area contributed by atoms with Crippen molar-refractivity contribution in [1.29, 1.82) is 5.26 Å². The van der Waals surface area contributed by atoms with Gasteiger partial charge in [0.2, 0.25) is 5.88 Å². The van der Waals surface area contributed by atoms with E-state index < -0.39 is 87.7 Å². The lowest BCUT2D eigenvalue weighted by Crippen LogP contribution is -2.49. The van der Waals surface area contributed by atoms with E-state index in [9.17, 15) is 58.4 Å². The highest BCUT2D eigenvalue weighted by Crippen LogP contribution is 2.74. The number of hydrogen-bond donors (Lipinski definition) is 1. The molecule has 0 aromatic heterocycles. The average Bonchev–Trinajstić information content (AvgIpc) is 3.17. The average molecular weight is 593 g/mol. The quantitative estimate of drug-likeness (QED) is 0.409. The molecule has 0 saturated heterocycles. The van der Waals surface area contributed by atoms with Crippen LogP contribution in [0.15, 0.2) is 23.6 Å². The van der Waals surface area contributed by atoms with Crippen LogP contribution in [-0.2, 0) is 10.9 Å². The molecule has 3 rings (SSSR count). The van der Waals surface area contributed by atoms with E-state index in [-0.39, 0.29) is 22.2 Å². The van der Waals surface area contributed by atoms with Crippen LogP contribution in [0.5, 0.6) is 0 Å². The Hall–Kier alpha value is -2.71. The highest BCUT2D eigenvalue weighted by atomic mass is 35.5. The molecule has 2 aliphatic rings. The van der Waals surface area contributed by atoms with Crippen molar-refractivity contribution in [2.24, 2.45) is 11.1 Å². The molecule has 1 saturated carbocycles. The lowest BCUT2D eigenvalue weighted by atomic mass is 9.89. The first-order valence-electron chi connectivity index (χ1n) is 9.35. The third-order valence-corrected chi connectivity index (χ3v) is 5.97. The first kappa shape index (κ1) is 28.9. The summed E-state index contributed by atoms with van der Waals surface area (Å²) in [6.45, 7) is -2.35. The topological polar surface area (TPSA) is 82.6 Å². The van der Waals surface area contributed by atoms with Crippen LogP contribution in [0.2, 0.25) is 10.0 Å². The number of carbonyl (C=O) groups is 1. The fourth-order valence-electron chi connectivity index (χ4n) is 3.90. The number of primary amides is 1. The second-order valence-corrected chi connectivity index (χ2v) is 8.58. The third-order valence-electron chi connectivity index (χ3n) is 5.40. The molecule has 1 aliphatic heterocycles. The molecule has 1 aliphatic carbocycles. The van der Waals surface area contributed by atoms with Crippen LogP contribution in [0.25, 0.3) is 0 Å². The number of carbonyl (C=O) groups excluding carboxylic acids is 1. The molecule has 2 atom stereocenters. The lowest BCUT2D eigenvalue weighted by Gasteiger charge is -2.34. The maximum Gasteiger partial charge on any atom is 0.416 e. The molecule has 37 heavy (non-hydrogen) atoms. The highest BCUT2D eigenvalue weighted by Gasteiger charge is 2.87. The SMILES string of the molecule is N#CC1C(C2(C(F)(F)F)CC2(F)F)=C(OC(N)=O)N(c2c(Cl)cc(C(F)(F)F)cc2Cl)N1CC(F)(F)F. The molecule has 204 valence electrons. The summed E-state index contributed by atoms with van der Waals surface area (Å²) in [7, 11) is 0. The zero-order valence-corrected chi connectivity index (χ0v) is 18.8. The van der Waals surface area contributed by atoms with Gasteiger partial charge in [-0.3, -0.25) is 0 Å². The zero-order valence-electron chi connectivity index (χ0n) is 17.3. The molecule has 19 heteroatoms. The summed E-state index contributed by atoms with van der Waals surface area (Å²) in [4.78, 5) is 11.5. The Morgan fingerprint density at radius 1 is 1.11 bits per heavy atom. The monoisotopic (exact) mass is 592 g/mol. The van der Waals surface area contributed by atoms with Gasteiger partial charge in [0, 0.05) is 12.0 Å². The van der Waals surface area contributed by atoms with Gasteiger partial charge < -0.3 is 10.5 Å². The zero-order chi connectivity index (χ0) is 28.5. The third kappa shape index (κ3) is 4.81. The molecule has 0 bridgehead atoms. The number of alkyl halides is 11. The molecule has 0 spiro atoms. The number of rotatable bonds is 4. The van der Waals surface area contributed by atoms with Gasteiger partial charge >= 0.3 is 24.6 Å². The van der Waals surface area contributed by atoms with Crippen LogP contribution in [0.1, 0.15) is 12.0 Å². The van der Waals surface area contributed by atoms with Crippen molar-refractivity contribution in [3.05, 3.63) is 39.2 Å². The largest absolute Gasteiger partial charge is 0.416 e.